The molecule has 1 rings (SSSR count). The Morgan fingerprint density at radius 3 is 2.56 bits per heavy atom. The molecule has 0 atom stereocenters. The Labute approximate surface area is 98.4 Å². The number of carbonyl (C=O) groups excluding carboxylic acids is 1. The summed E-state index contributed by atoms with van der Waals surface area (Å²) in [5, 5.41) is 0. The highest BCUT2D eigenvalue weighted by Gasteiger charge is 2.15. The van der Waals surface area contributed by atoms with Gasteiger partial charge in [-0.05, 0) is 24.5 Å². The van der Waals surface area contributed by atoms with E-state index in [1.54, 1.807) is 13.2 Å². The number of benzene rings is 1. The predicted molar refractivity (Wildman–Crippen MR) is 67.0 cm³/mol. The van der Waals surface area contributed by atoms with Gasteiger partial charge in [0, 0.05) is 6.42 Å². The molecule has 0 saturated heterocycles. The van der Waals surface area contributed by atoms with Crippen LogP contribution in [0.4, 0.5) is 0 Å². The van der Waals surface area contributed by atoms with Crippen molar-refractivity contribution in [1.29, 1.82) is 0 Å². The van der Waals surface area contributed by atoms with E-state index in [9.17, 15) is 4.79 Å². The predicted octanol–water partition coefficient (Wildman–Crippen LogP) is 2.03. The van der Waals surface area contributed by atoms with Crippen LogP contribution in [0.15, 0.2) is 12.1 Å². The van der Waals surface area contributed by atoms with E-state index in [-0.39, 0.29) is 5.78 Å². The van der Waals surface area contributed by atoms with Gasteiger partial charge in [0.2, 0.25) is 0 Å². The van der Waals surface area contributed by atoms with Crippen molar-refractivity contribution in [3.63, 3.8) is 0 Å². The van der Waals surface area contributed by atoms with Crippen molar-refractivity contribution in [2.45, 2.75) is 33.1 Å². The molecule has 0 heterocycles. The Balaban J connectivity index is 3.27. The van der Waals surface area contributed by atoms with Crippen molar-refractivity contribution in [2.24, 2.45) is 0 Å². The van der Waals surface area contributed by atoms with Gasteiger partial charge >= 0.3 is 0 Å². The maximum Gasteiger partial charge on any atom is 0.166 e. The summed E-state index contributed by atoms with van der Waals surface area (Å²) < 4.78 is 5.24. The van der Waals surface area contributed by atoms with E-state index in [1.807, 2.05) is 19.9 Å². The summed E-state index contributed by atoms with van der Waals surface area (Å²) in [5.41, 5.74) is 2.30. The van der Waals surface area contributed by atoms with Crippen LogP contribution in [-0.2, 0) is 6.42 Å². The van der Waals surface area contributed by atoms with Crippen molar-refractivity contribution >= 4 is 19.1 Å². The molecule has 0 N–H and O–H groups in total. The third kappa shape index (κ3) is 2.66. The van der Waals surface area contributed by atoms with Gasteiger partial charge in [-0.3, -0.25) is 4.79 Å². The number of aryl methyl sites for hydroxylation is 1. The first-order chi connectivity index (χ1) is 7.63. The number of hydrogen-bond donors (Lipinski definition) is 0. The number of Topliss-reactive ketones (excluding diaryl/α,β-unsaturated/α-hetero) is 1. The molecule has 16 heavy (non-hydrogen) atoms. The Morgan fingerprint density at radius 1 is 1.38 bits per heavy atom. The highest BCUT2D eigenvalue weighted by atomic mass is 16.5. The summed E-state index contributed by atoms with van der Waals surface area (Å²) in [6.45, 7) is 4.00. The van der Waals surface area contributed by atoms with Crippen LogP contribution in [0.25, 0.3) is 0 Å². The molecule has 0 aliphatic heterocycles. The average molecular weight is 216 g/mol. The molecule has 0 aromatic heterocycles. The van der Waals surface area contributed by atoms with E-state index < -0.39 is 0 Å². The zero-order valence-corrected chi connectivity index (χ0v) is 10.2. The van der Waals surface area contributed by atoms with Crippen LogP contribution < -0.4 is 10.2 Å². The molecule has 0 aliphatic rings. The van der Waals surface area contributed by atoms with Gasteiger partial charge in [-0.25, -0.2) is 0 Å². The molecular weight excluding hydrogens is 199 g/mol. The van der Waals surface area contributed by atoms with Crippen LogP contribution in [0, 0.1) is 0 Å². The van der Waals surface area contributed by atoms with Gasteiger partial charge in [-0.1, -0.05) is 25.4 Å². The number of hydrogen-bond acceptors (Lipinski definition) is 2. The van der Waals surface area contributed by atoms with Gasteiger partial charge in [-0.2, -0.15) is 0 Å². The SMILES string of the molecule is [B]c1cc(CC)c(C(=O)CCC)c(OC)c1. The number of ketones is 1. The van der Waals surface area contributed by atoms with Crippen LogP contribution in [-0.4, -0.2) is 20.7 Å². The van der Waals surface area contributed by atoms with Gasteiger partial charge in [0.1, 0.15) is 13.6 Å². The van der Waals surface area contributed by atoms with Crippen LogP contribution in [0.1, 0.15) is 42.6 Å². The number of rotatable bonds is 5. The third-order valence-corrected chi connectivity index (χ3v) is 2.56. The minimum absolute atomic E-state index is 0.135. The van der Waals surface area contributed by atoms with Crippen molar-refractivity contribution in [3.05, 3.63) is 23.3 Å². The third-order valence-electron chi connectivity index (χ3n) is 2.56. The molecule has 84 valence electrons. The van der Waals surface area contributed by atoms with Crippen molar-refractivity contribution in [1.82, 2.24) is 0 Å². The lowest BCUT2D eigenvalue weighted by Gasteiger charge is -2.13. The van der Waals surface area contributed by atoms with E-state index in [2.05, 4.69) is 0 Å². The van der Waals surface area contributed by atoms with Crippen LogP contribution in [0.5, 0.6) is 5.75 Å². The number of ether oxygens (including phenoxy) is 1. The first-order valence-electron chi connectivity index (χ1n) is 5.63. The summed E-state index contributed by atoms with van der Waals surface area (Å²) in [4.78, 5) is 12.0. The molecule has 3 heteroatoms. The smallest absolute Gasteiger partial charge is 0.166 e. The first kappa shape index (κ1) is 12.8. The molecular formula is C13H17BO2. The molecule has 1 aromatic rings. The first-order valence-corrected chi connectivity index (χ1v) is 5.63. The van der Waals surface area contributed by atoms with E-state index in [1.165, 1.54) is 0 Å². The van der Waals surface area contributed by atoms with Gasteiger partial charge in [-0.15, -0.1) is 0 Å². The standard InChI is InChI=1S/C13H17BO2/c1-4-6-11(15)13-9(5-2)7-10(14)8-12(13)16-3/h7-8H,4-6H2,1-3H3. The fourth-order valence-electron chi connectivity index (χ4n) is 1.81. The average Bonchev–Trinajstić information content (AvgIpc) is 2.27. The summed E-state index contributed by atoms with van der Waals surface area (Å²) in [6, 6.07) is 3.56. The fourth-order valence-corrected chi connectivity index (χ4v) is 1.81. The minimum atomic E-state index is 0.135. The van der Waals surface area contributed by atoms with Crippen molar-refractivity contribution in [3.8, 4) is 5.75 Å². The lowest BCUT2D eigenvalue weighted by atomic mass is 9.88. The molecule has 1 aromatic carbocycles. The Kier molecular flexibility index (Phi) is 4.60. The molecule has 2 nitrogen and oxygen atoms in total. The van der Waals surface area contributed by atoms with Crippen molar-refractivity contribution in [2.75, 3.05) is 7.11 Å². The second kappa shape index (κ2) is 5.73. The fraction of sp³-hybridized carbons (Fsp3) is 0.462. The second-order valence-corrected chi connectivity index (χ2v) is 3.78. The summed E-state index contributed by atoms with van der Waals surface area (Å²) in [6.07, 6.45) is 2.18. The van der Waals surface area contributed by atoms with Crippen LogP contribution in [0.3, 0.4) is 0 Å². The lowest BCUT2D eigenvalue weighted by Crippen LogP contribution is -2.12. The monoisotopic (exact) mass is 216 g/mol. The summed E-state index contributed by atoms with van der Waals surface area (Å²) >= 11 is 0. The van der Waals surface area contributed by atoms with E-state index in [0.717, 1.165) is 18.4 Å². The quantitative estimate of drug-likeness (QED) is 0.556. The molecule has 2 radical (unpaired) electrons. The zero-order valence-electron chi connectivity index (χ0n) is 10.2. The maximum absolute atomic E-state index is 12.0. The molecule has 0 spiro atoms. The maximum atomic E-state index is 12.0. The van der Waals surface area contributed by atoms with E-state index >= 15 is 0 Å². The van der Waals surface area contributed by atoms with Crippen molar-refractivity contribution < 1.29 is 9.53 Å². The highest BCUT2D eigenvalue weighted by Crippen LogP contribution is 2.23. The number of carbonyl (C=O) groups is 1. The molecule has 0 saturated carbocycles. The van der Waals surface area contributed by atoms with Gasteiger partial charge in [0.25, 0.3) is 0 Å². The minimum Gasteiger partial charge on any atom is -0.496 e. The molecule has 0 fully saturated rings. The molecule has 0 amide bonds. The highest BCUT2D eigenvalue weighted by molar-refractivity contribution is 6.32. The molecule has 0 unspecified atom stereocenters. The number of methoxy groups -OCH3 is 1. The topological polar surface area (TPSA) is 26.3 Å². The second-order valence-electron chi connectivity index (χ2n) is 3.78. The van der Waals surface area contributed by atoms with E-state index in [0.29, 0.717) is 23.2 Å². The zero-order chi connectivity index (χ0) is 12.1. The normalized spacial score (nSPS) is 10.2. The van der Waals surface area contributed by atoms with E-state index in [4.69, 9.17) is 12.6 Å². The van der Waals surface area contributed by atoms with Crippen LogP contribution in [0.2, 0.25) is 0 Å². The molecule has 0 bridgehead atoms. The largest absolute Gasteiger partial charge is 0.496 e. The molecule has 0 aliphatic carbocycles. The van der Waals surface area contributed by atoms with Gasteiger partial charge in [0.15, 0.2) is 5.78 Å². The van der Waals surface area contributed by atoms with Gasteiger partial charge < -0.3 is 4.74 Å². The summed E-state index contributed by atoms with van der Waals surface area (Å²) in [7, 11) is 7.33. The Bertz CT molecular complexity index is 361. The lowest BCUT2D eigenvalue weighted by molar-refractivity contribution is 0.0978. The summed E-state index contributed by atoms with van der Waals surface area (Å²) in [5.74, 6) is 0.728. The Morgan fingerprint density at radius 2 is 2.06 bits per heavy atom. The van der Waals surface area contributed by atoms with Gasteiger partial charge in [0.05, 0.1) is 12.7 Å². The Hall–Kier alpha value is -1.25. The van der Waals surface area contributed by atoms with Crippen LogP contribution >= 0.6 is 0 Å².